The Kier molecular flexibility index (Phi) is 5.24. The minimum absolute atomic E-state index is 0.212. The van der Waals surface area contributed by atoms with Gasteiger partial charge in [0.15, 0.2) is 11.5 Å². The third-order valence-electron chi connectivity index (χ3n) is 3.11. The summed E-state index contributed by atoms with van der Waals surface area (Å²) < 4.78 is 7.38. The zero-order chi connectivity index (χ0) is 16.9. The molecular weight excluding hydrogens is 294 g/mol. The van der Waals surface area contributed by atoms with Crippen molar-refractivity contribution >= 4 is 5.91 Å². The van der Waals surface area contributed by atoms with Gasteiger partial charge in [0.25, 0.3) is 5.91 Å². The number of rotatable bonds is 5. The third kappa shape index (κ3) is 5.31. The molecule has 6 nitrogen and oxygen atoms in total. The lowest BCUT2D eigenvalue weighted by Gasteiger charge is -2.06. The monoisotopic (exact) mass is 315 g/mol. The molecule has 0 aliphatic heterocycles. The van der Waals surface area contributed by atoms with Gasteiger partial charge >= 0.3 is 0 Å². The van der Waals surface area contributed by atoms with Gasteiger partial charge in [-0.3, -0.25) is 4.79 Å². The average molecular weight is 315 g/mol. The molecule has 0 saturated heterocycles. The average Bonchev–Trinajstić information content (AvgIpc) is 3.10. The van der Waals surface area contributed by atoms with E-state index in [-0.39, 0.29) is 11.7 Å². The van der Waals surface area contributed by atoms with E-state index in [1.165, 1.54) is 0 Å². The van der Waals surface area contributed by atoms with Gasteiger partial charge in [-0.2, -0.15) is 0 Å². The van der Waals surface area contributed by atoms with Gasteiger partial charge in [-0.1, -0.05) is 5.92 Å². The molecule has 1 amide bonds. The van der Waals surface area contributed by atoms with Crippen LogP contribution in [0, 0.1) is 18.8 Å². The Labute approximate surface area is 135 Å². The summed E-state index contributed by atoms with van der Waals surface area (Å²) in [5.74, 6) is 6.58. The van der Waals surface area contributed by atoms with E-state index in [0.717, 1.165) is 18.8 Å². The van der Waals surface area contributed by atoms with Crippen LogP contribution in [0.5, 0.6) is 0 Å². The van der Waals surface area contributed by atoms with Crippen molar-refractivity contribution in [2.45, 2.75) is 39.3 Å². The van der Waals surface area contributed by atoms with Gasteiger partial charge in [0, 0.05) is 25.5 Å². The molecule has 0 radical (unpaired) electrons. The number of nitrogens with one attached hydrogen (secondary N) is 1. The van der Waals surface area contributed by atoms with Gasteiger partial charge in [0.2, 0.25) is 0 Å². The molecule has 0 saturated carbocycles. The number of furan rings is 1. The first kappa shape index (κ1) is 16.8. The van der Waals surface area contributed by atoms with Crippen LogP contribution in [0.3, 0.4) is 0 Å². The molecule has 0 aliphatic carbocycles. The molecule has 0 atom stereocenters. The molecule has 0 spiro atoms. The number of hydrogen-bond acceptors (Lipinski definition) is 4. The highest BCUT2D eigenvalue weighted by atomic mass is 16.3. The number of aliphatic hydroxyl groups is 1. The second kappa shape index (κ2) is 7.16. The van der Waals surface area contributed by atoms with Crippen molar-refractivity contribution < 1.29 is 14.3 Å². The zero-order valence-electron chi connectivity index (χ0n) is 13.6. The molecule has 2 heterocycles. The highest BCUT2D eigenvalue weighted by Gasteiger charge is 2.11. The summed E-state index contributed by atoms with van der Waals surface area (Å²) in [6.45, 7) is 6.45. The molecule has 0 bridgehead atoms. The first-order valence-corrected chi connectivity index (χ1v) is 7.46. The Bertz CT molecular complexity index is 726. The van der Waals surface area contributed by atoms with Gasteiger partial charge in [-0.05, 0) is 45.2 Å². The van der Waals surface area contributed by atoms with Gasteiger partial charge in [0.05, 0.1) is 0 Å². The van der Waals surface area contributed by atoms with E-state index in [0.29, 0.717) is 12.3 Å². The zero-order valence-corrected chi connectivity index (χ0v) is 13.6. The molecule has 2 aromatic rings. The standard InChI is InChI=1S/C17H21N3O3/c1-13-18-10-12-20(13)11-4-9-19-16(21)15-6-5-14(23-15)7-8-17(2,3)22/h5-6,10,12,22H,4,9,11H2,1-3H3,(H,19,21). The van der Waals surface area contributed by atoms with Crippen LogP contribution in [0.1, 0.15) is 42.4 Å². The van der Waals surface area contributed by atoms with Crippen LogP contribution < -0.4 is 5.32 Å². The van der Waals surface area contributed by atoms with E-state index in [4.69, 9.17) is 4.42 Å². The summed E-state index contributed by atoms with van der Waals surface area (Å²) >= 11 is 0. The van der Waals surface area contributed by atoms with Crippen LogP contribution in [-0.2, 0) is 6.54 Å². The number of carbonyl (C=O) groups excluding carboxylic acids is 1. The van der Waals surface area contributed by atoms with Gasteiger partial charge in [0.1, 0.15) is 11.4 Å². The summed E-state index contributed by atoms with van der Waals surface area (Å²) in [5.41, 5.74) is -1.10. The molecule has 2 rings (SSSR count). The molecule has 0 fully saturated rings. The molecule has 0 aromatic carbocycles. The first-order chi connectivity index (χ1) is 10.8. The number of aromatic nitrogens is 2. The fraction of sp³-hybridized carbons (Fsp3) is 0.412. The Hall–Kier alpha value is -2.52. The van der Waals surface area contributed by atoms with Crippen LogP contribution in [0.2, 0.25) is 0 Å². The molecule has 2 N–H and O–H groups in total. The second-order valence-electron chi connectivity index (χ2n) is 5.75. The molecular formula is C17H21N3O3. The maximum atomic E-state index is 12.0. The molecule has 122 valence electrons. The van der Waals surface area contributed by atoms with Crippen molar-refractivity contribution in [1.29, 1.82) is 0 Å². The summed E-state index contributed by atoms with van der Waals surface area (Å²) in [7, 11) is 0. The summed E-state index contributed by atoms with van der Waals surface area (Å²) in [6, 6.07) is 3.19. The van der Waals surface area contributed by atoms with E-state index >= 15 is 0 Å². The predicted molar refractivity (Wildman–Crippen MR) is 85.8 cm³/mol. The number of hydrogen-bond donors (Lipinski definition) is 2. The van der Waals surface area contributed by atoms with E-state index < -0.39 is 5.60 Å². The number of aryl methyl sites for hydroxylation is 2. The van der Waals surface area contributed by atoms with E-state index in [1.54, 1.807) is 32.2 Å². The van der Waals surface area contributed by atoms with Gasteiger partial charge in [-0.15, -0.1) is 0 Å². The fourth-order valence-electron chi connectivity index (χ4n) is 1.92. The van der Waals surface area contributed by atoms with Crippen LogP contribution >= 0.6 is 0 Å². The maximum Gasteiger partial charge on any atom is 0.287 e. The van der Waals surface area contributed by atoms with E-state index in [9.17, 15) is 9.90 Å². The second-order valence-corrected chi connectivity index (χ2v) is 5.75. The summed E-state index contributed by atoms with van der Waals surface area (Å²) in [6.07, 6.45) is 4.47. The SMILES string of the molecule is Cc1nccn1CCCNC(=O)c1ccc(C#CC(C)(C)O)o1. The first-order valence-electron chi connectivity index (χ1n) is 7.46. The lowest BCUT2D eigenvalue weighted by Crippen LogP contribution is -2.24. The Balaban J connectivity index is 1.81. The minimum Gasteiger partial charge on any atom is -0.443 e. The van der Waals surface area contributed by atoms with Crippen LogP contribution in [0.4, 0.5) is 0 Å². The van der Waals surface area contributed by atoms with Crippen LogP contribution in [0.25, 0.3) is 0 Å². The lowest BCUT2D eigenvalue weighted by atomic mass is 10.1. The molecule has 0 aliphatic rings. The van der Waals surface area contributed by atoms with E-state index in [2.05, 4.69) is 22.1 Å². The molecule has 23 heavy (non-hydrogen) atoms. The topological polar surface area (TPSA) is 80.3 Å². The molecule has 6 heteroatoms. The quantitative estimate of drug-likeness (QED) is 0.650. The Morgan fingerprint density at radius 3 is 2.91 bits per heavy atom. The predicted octanol–water partition coefficient (Wildman–Crippen LogP) is 1.73. The van der Waals surface area contributed by atoms with Gasteiger partial charge < -0.3 is 19.4 Å². The van der Waals surface area contributed by atoms with Crippen LogP contribution in [-0.4, -0.2) is 32.7 Å². The highest BCUT2D eigenvalue weighted by molar-refractivity contribution is 5.91. The number of imidazole rings is 1. The van der Waals surface area contributed by atoms with Crippen molar-refractivity contribution in [1.82, 2.24) is 14.9 Å². The van der Waals surface area contributed by atoms with Crippen molar-refractivity contribution in [3.8, 4) is 11.8 Å². The lowest BCUT2D eigenvalue weighted by molar-refractivity contribution is 0.0924. The van der Waals surface area contributed by atoms with Gasteiger partial charge in [-0.25, -0.2) is 4.98 Å². The van der Waals surface area contributed by atoms with Crippen LogP contribution in [0.15, 0.2) is 28.9 Å². The minimum atomic E-state index is -1.10. The fourth-order valence-corrected chi connectivity index (χ4v) is 1.92. The Morgan fingerprint density at radius 2 is 2.26 bits per heavy atom. The summed E-state index contributed by atoms with van der Waals surface area (Å²) in [5, 5.41) is 12.3. The van der Waals surface area contributed by atoms with E-state index in [1.807, 2.05) is 17.7 Å². The number of carbonyl (C=O) groups is 1. The maximum absolute atomic E-state index is 12.0. The largest absolute Gasteiger partial charge is 0.443 e. The smallest absolute Gasteiger partial charge is 0.287 e. The highest BCUT2D eigenvalue weighted by Crippen LogP contribution is 2.07. The van der Waals surface area contributed by atoms with Crippen molar-refractivity contribution in [3.63, 3.8) is 0 Å². The number of nitrogens with zero attached hydrogens (tertiary/aromatic N) is 2. The van der Waals surface area contributed by atoms with Crippen molar-refractivity contribution in [3.05, 3.63) is 41.9 Å². The van der Waals surface area contributed by atoms with Crippen molar-refractivity contribution in [2.75, 3.05) is 6.54 Å². The molecule has 0 unspecified atom stereocenters. The summed E-state index contributed by atoms with van der Waals surface area (Å²) in [4.78, 5) is 16.1. The number of amides is 1. The normalized spacial score (nSPS) is 11.0. The third-order valence-corrected chi connectivity index (χ3v) is 3.11. The van der Waals surface area contributed by atoms with Crippen molar-refractivity contribution in [2.24, 2.45) is 0 Å². The molecule has 2 aromatic heterocycles. The Morgan fingerprint density at radius 1 is 1.48 bits per heavy atom.